The Morgan fingerprint density at radius 2 is 1.69 bits per heavy atom. The Balaban J connectivity index is 1.86. The zero-order chi connectivity index (χ0) is 20.2. The summed E-state index contributed by atoms with van der Waals surface area (Å²) in [7, 11) is 3.20. The molecule has 0 unspecified atom stereocenters. The Bertz CT molecular complexity index is 1130. The molecule has 2 aromatic carbocycles. The number of pyridine rings is 2. The molecule has 2 aromatic heterocycles. The Kier molecular flexibility index (Phi) is 5.16. The quantitative estimate of drug-likeness (QED) is 0.505. The predicted molar refractivity (Wildman–Crippen MR) is 113 cm³/mol. The van der Waals surface area contributed by atoms with Gasteiger partial charge in [0.15, 0.2) is 11.5 Å². The highest BCUT2D eigenvalue weighted by Gasteiger charge is 2.22. The zero-order valence-corrected chi connectivity index (χ0v) is 16.2. The van der Waals surface area contributed by atoms with Crippen molar-refractivity contribution in [2.45, 2.75) is 6.04 Å². The number of benzene rings is 2. The van der Waals surface area contributed by atoms with Crippen LogP contribution >= 0.6 is 0 Å². The van der Waals surface area contributed by atoms with Crippen molar-refractivity contribution in [2.24, 2.45) is 0 Å². The van der Waals surface area contributed by atoms with Gasteiger partial charge in [0.2, 0.25) is 0 Å². The van der Waals surface area contributed by atoms with Gasteiger partial charge in [-0.1, -0.05) is 30.3 Å². The van der Waals surface area contributed by atoms with E-state index in [0.717, 1.165) is 10.9 Å². The molecule has 0 aliphatic heterocycles. The Hall–Kier alpha value is -3.80. The molecule has 0 aliphatic rings. The minimum atomic E-state index is -0.379. The van der Waals surface area contributed by atoms with E-state index in [0.29, 0.717) is 28.4 Å². The Morgan fingerprint density at radius 1 is 0.862 bits per heavy atom. The van der Waals surface area contributed by atoms with E-state index in [-0.39, 0.29) is 11.8 Å². The maximum absolute atomic E-state index is 11.0. The van der Waals surface area contributed by atoms with Gasteiger partial charge in [0, 0.05) is 23.3 Å². The first kappa shape index (κ1) is 18.6. The second-order valence-electron chi connectivity index (χ2n) is 6.49. The van der Waals surface area contributed by atoms with Gasteiger partial charge in [0.25, 0.3) is 0 Å². The number of methoxy groups -OCH3 is 2. The number of nitrogens with zero attached hydrogens (tertiary/aromatic N) is 2. The molecule has 2 heterocycles. The van der Waals surface area contributed by atoms with Gasteiger partial charge in [-0.3, -0.25) is 4.98 Å². The number of nitrogens with one attached hydrogen (secondary N) is 1. The van der Waals surface area contributed by atoms with Crippen molar-refractivity contribution in [2.75, 3.05) is 19.5 Å². The molecule has 1 atom stereocenters. The highest BCUT2D eigenvalue weighted by molar-refractivity contribution is 5.86. The summed E-state index contributed by atoms with van der Waals surface area (Å²) in [5, 5.41) is 15.3. The minimum Gasteiger partial charge on any atom is -0.505 e. The number of fused-ring (bicyclic) bond motifs is 1. The van der Waals surface area contributed by atoms with Gasteiger partial charge >= 0.3 is 0 Å². The first-order valence-corrected chi connectivity index (χ1v) is 9.17. The maximum Gasteiger partial charge on any atom is 0.161 e. The van der Waals surface area contributed by atoms with E-state index in [9.17, 15) is 5.11 Å². The van der Waals surface area contributed by atoms with Crippen LogP contribution in [-0.2, 0) is 0 Å². The summed E-state index contributed by atoms with van der Waals surface area (Å²) < 4.78 is 10.8. The van der Waals surface area contributed by atoms with Crippen molar-refractivity contribution < 1.29 is 14.6 Å². The molecule has 0 radical (unpaired) electrons. The van der Waals surface area contributed by atoms with Crippen molar-refractivity contribution in [1.29, 1.82) is 0 Å². The molecule has 0 saturated carbocycles. The van der Waals surface area contributed by atoms with Gasteiger partial charge in [-0.05, 0) is 35.9 Å². The molecule has 0 fully saturated rings. The number of ether oxygens (including phenoxy) is 2. The molecule has 4 aromatic rings. The standard InChI is InChI=1S/C23H21N3O3/c1-28-18-11-9-16(14-19(18)29-2)21(26-20-7-3-4-12-24-20)17-10-8-15-6-5-13-25-22(15)23(17)27/h3-14,21,27H,1-2H3,(H,24,26)/t21-/m0/s1. The normalized spacial score (nSPS) is 11.8. The zero-order valence-electron chi connectivity index (χ0n) is 16.2. The molecule has 0 saturated heterocycles. The highest BCUT2D eigenvalue weighted by atomic mass is 16.5. The lowest BCUT2D eigenvalue weighted by molar-refractivity contribution is 0.354. The third kappa shape index (κ3) is 3.65. The van der Waals surface area contributed by atoms with Crippen LogP contribution in [0.4, 0.5) is 5.82 Å². The van der Waals surface area contributed by atoms with Gasteiger partial charge in [-0.25, -0.2) is 4.98 Å². The molecule has 6 nitrogen and oxygen atoms in total. The SMILES string of the molecule is COc1ccc([C@H](Nc2ccccn2)c2ccc3cccnc3c2O)cc1OC. The van der Waals surface area contributed by atoms with E-state index in [2.05, 4.69) is 15.3 Å². The van der Waals surface area contributed by atoms with Crippen molar-refractivity contribution in [1.82, 2.24) is 9.97 Å². The first-order chi connectivity index (χ1) is 14.2. The minimum absolute atomic E-state index is 0.131. The molecule has 0 aliphatic carbocycles. The molecule has 0 spiro atoms. The molecule has 2 N–H and O–H groups in total. The molecular formula is C23H21N3O3. The molecule has 0 amide bonds. The van der Waals surface area contributed by atoms with Crippen LogP contribution in [0, 0.1) is 0 Å². The van der Waals surface area contributed by atoms with E-state index in [1.54, 1.807) is 26.6 Å². The van der Waals surface area contributed by atoms with E-state index in [1.165, 1.54) is 0 Å². The van der Waals surface area contributed by atoms with E-state index in [1.807, 2.05) is 60.7 Å². The summed E-state index contributed by atoms with van der Waals surface area (Å²) in [6.07, 6.45) is 3.39. The molecule has 29 heavy (non-hydrogen) atoms. The third-order valence-electron chi connectivity index (χ3n) is 4.79. The van der Waals surface area contributed by atoms with Crippen molar-refractivity contribution in [3.8, 4) is 17.2 Å². The summed E-state index contributed by atoms with van der Waals surface area (Å²) >= 11 is 0. The van der Waals surface area contributed by atoms with E-state index in [4.69, 9.17) is 9.47 Å². The first-order valence-electron chi connectivity index (χ1n) is 9.17. The van der Waals surface area contributed by atoms with Crippen molar-refractivity contribution >= 4 is 16.7 Å². The Morgan fingerprint density at radius 3 is 2.45 bits per heavy atom. The van der Waals surface area contributed by atoms with Crippen molar-refractivity contribution in [3.05, 3.63) is 84.2 Å². The average molecular weight is 387 g/mol. The van der Waals surface area contributed by atoms with Crippen LogP contribution in [0.25, 0.3) is 10.9 Å². The second kappa shape index (κ2) is 8.06. The van der Waals surface area contributed by atoms with Crippen LogP contribution in [0.1, 0.15) is 17.2 Å². The van der Waals surface area contributed by atoms with Gasteiger partial charge in [0.05, 0.1) is 20.3 Å². The fraction of sp³-hybridized carbons (Fsp3) is 0.130. The van der Waals surface area contributed by atoms with Crippen molar-refractivity contribution in [3.63, 3.8) is 0 Å². The average Bonchev–Trinajstić information content (AvgIpc) is 2.78. The number of hydrogen-bond donors (Lipinski definition) is 2. The molecule has 4 rings (SSSR count). The van der Waals surface area contributed by atoms with Gasteiger partial charge in [0.1, 0.15) is 17.1 Å². The summed E-state index contributed by atoms with van der Waals surface area (Å²) in [5.74, 6) is 2.06. The monoisotopic (exact) mass is 387 g/mol. The lowest BCUT2D eigenvalue weighted by Crippen LogP contribution is -2.14. The largest absolute Gasteiger partial charge is 0.505 e. The lowest BCUT2D eigenvalue weighted by Gasteiger charge is -2.23. The van der Waals surface area contributed by atoms with Crippen LogP contribution < -0.4 is 14.8 Å². The summed E-state index contributed by atoms with van der Waals surface area (Å²) in [5.41, 5.74) is 2.13. The van der Waals surface area contributed by atoms with Gasteiger partial charge in [-0.15, -0.1) is 0 Å². The summed E-state index contributed by atoms with van der Waals surface area (Å²) in [4.78, 5) is 8.72. The highest BCUT2D eigenvalue weighted by Crippen LogP contribution is 2.38. The number of hydrogen-bond acceptors (Lipinski definition) is 6. The Labute approximate surface area is 168 Å². The fourth-order valence-electron chi connectivity index (χ4n) is 3.35. The van der Waals surface area contributed by atoms with Crippen LogP contribution in [0.15, 0.2) is 73.1 Å². The number of aromatic nitrogens is 2. The predicted octanol–water partition coefficient (Wildman–Crippen LogP) is 4.55. The van der Waals surface area contributed by atoms with E-state index < -0.39 is 0 Å². The third-order valence-corrected chi connectivity index (χ3v) is 4.79. The second-order valence-corrected chi connectivity index (χ2v) is 6.49. The number of anilines is 1. The summed E-state index contributed by atoms with van der Waals surface area (Å²) in [6.45, 7) is 0. The summed E-state index contributed by atoms with van der Waals surface area (Å²) in [6, 6.07) is 18.5. The smallest absolute Gasteiger partial charge is 0.161 e. The number of rotatable bonds is 6. The lowest BCUT2D eigenvalue weighted by atomic mass is 9.95. The van der Waals surface area contributed by atoms with Gasteiger partial charge in [-0.2, -0.15) is 0 Å². The molecule has 0 bridgehead atoms. The van der Waals surface area contributed by atoms with Gasteiger partial charge < -0.3 is 19.9 Å². The maximum atomic E-state index is 11.0. The van der Waals surface area contributed by atoms with Crippen LogP contribution in [0.3, 0.4) is 0 Å². The van der Waals surface area contributed by atoms with Crippen LogP contribution in [0.2, 0.25) is 0 Å². The number of phenolic OH excluding ortho intramolecular Hbond substituents is 1. The number of phenols is 1. The molecular weight excluding hydrogens is 366 g/mol. The topological polar surface area (TPSA) is 76.5 Å². The van der Waals surface area contributed by atoms with Crippen LogP contribution in [-0.4, -0.2) is 29.3 Å². The van der Waals surface area contributed by atoms with E-state index >= 15 is 0 Å². The number of aromatic hydroxyl groups is 1. The molecule has 6 heteroatoms. The van der Waals surface area contributed by atoms with Crippen LogP contribution in [0.5, 0.6) is 17.2 Å². The fourth-order valence-corrected chi connectivity index (χ4v) is 3.35. The molecule has 146 valence electrons.